The monoisotopic (exact) mass is 315 g/mol. The molecular weight excluding hydrogens is 293 g/mol. The van der Waals surface area contributed by atoms with Gasteiger partial charge in [-0.25, -0.2) is 4.39 Å². The zero-order valence-corrected chi connectivity index (χ0v) is 13.1. The number of nitrogens with one attached hydrogen (secondary N) is 1. The molecule has 18 heavy (non-hydrogen) atoms. The van der Waals surface area contributed by atoms with E-state index in [-0.39, 0.29) is 11.9 Å². The minimum atomic E-state index is -0.167. The van der Waals surface area contributed by atoms with Crippen molar-refractivity contribution in [1.29, 1.82) is 0 Å². The lowest BCUT2D eigenvalue weighted by Gasteiger charge is -2.23. The Kier molecular flexibility index (Phi) is 6.87. The van der Waals surface area contributed by atoms with Gasteiger partial charge in [0.05, 0.1) is 0 Å². The lowest BCUT2D eigenvalue weighted by molar-refractivity contribution is 0.393. The molecule has 1 N–H and O–H groups in total. The van der Waals surface area contributed by atoms with Crippen LogP contribution in [0.1, 0.15) is 51.6 Å². The predicted molar refractivity (Wildman–Crippen MR) is 79.2 cm³/mol. The lowest BCUT2D eigenvalue weighted by atomic mass is 9.93. The minimum Gasteiger partial charge on any atom is -0.310 e. The molecule has 0 saturated carbocycles. The van der Waals surface area contributed by atoms with Gasteiger partial charge in [-0.2, -0.15) is 0 Å². The molecule has 2 atom stereocenters. The van der Waals surface area contributed by atoms with Crippen LogP contribution in [0.3, 0.4) is 0 Å². The van der Waals surface area contributed by atoms with Crippen LogP contribution < -0.4 is 5.32 Å². The van der Waals surface area contributed by atoms with Gasteiger partial charge in [0.2, 0.25) is 0 Å². The summed E-state index contributed by atoms with van der Waals surface area (Å²) in [4.78, 5) is 0. The summed E-state index contributed by atoms with van der Waals surface area (Å²) in [6, 6.07) is 5.14. The van der Waals surface area contributed by atoms with Crippen molar-refractivity contribution in [2.24, 2.45) is 5.92 Å². The largest absolute Gasteiger partial charge is 0.310 e. The van der Waals surface area contributed by atoms with E-state index >= 15 is 0 Å². The van der Waals surface area contributed by atoms with Crippen molar-refractivity contribution in [3.8, 4) is 0 Å². The van der Waals surface area contributed by atoms with E-state index in [0.29, 0.717) is 5.92 Å². The molecule has 102 valence electrons. The molecule has 1 aromatic carbocycles. The van der Waals surface area contributed by atoms with Gasteiger partial charge in [0.15, 0.2) is 0 Å². The van der Waals surface area contributed by atoms with E-state index in [4.69, 9.17) is 0 Å². The van der Waals surface area contributed by atoms with Crippen LogP contribution in [0.5, 0.6) is 0 Å². The fraction of sp³-hybridized carbons (Fsp3) is 0.600. The first-order valence-corrected chi connectivity index (χ1v) is 7.56. The molecule has 1 rings (SSSR count). The molecule has 0 aliphatic rings. The summed E-state index contributed by atoms with van der Waals surface area (Å²) in [5.41, 5.74) is 1.03. The Morgan fingerprint density at radius 2 is 2.06 bits per heavy atom. The van der Waals surface area contributed by atoms with Crippen molar-refractivity contribution in [3.63, 3.8) is 0 Å². The van der Waals surface area contributed by atoms with Crippen molar-refractivity contribution in [2.75, 3.05) is 6.54 Å². The summed E-state index contributed by atoms with van der Waals surface area (Å²) in [5.74, 6) is 0.480. The zero-order chi connectivity index (χ0) is 13.5. The smallest absolute Gasteiger partial charge is 0.123 e. The van der Waals surface area contributed by atoms with E-state index in [9.17, 15) is 4.39 Å². The average Bonchev–Trinajstić information content (AvgIpc) is 2.32. The summed E-state index contributed by atoms with van der Waals surface area (Å²) >= 11 is 3.52. The molecule has 1 aromatic rings. The Labute approximate surface area is 118 Å². The molecule has 0 aliphatic heterocycles. The summed E-state index contributed by atoms with van der Waals surface area (Å²) in [6.07, 6.45) is 3.46. The SMILES string of the molecule is CCCC(C)CC(NCC)c1cc(F)ccc1Br. The average molecular weight is 316 g/mol. The van der Waals surface area contributed by atoms with Gasteiger partial charge >= 0.3 is 0 Å². The summed E-state index contributed by atoms with van der Waals surface area (Å²) in [7, 11) is 0. The molecule has 2 unspecified atom stereocenters. The van der Waals surface area contributed by atoms with Gasteiger partial charge in [0, 0.05) is 10.5 Å². The van der Waals surface area contributed by atoms with E-state index in [1.807, 2.05) is 0 Å². The van der Waals surface area contributed by atoms with Gasteiger partial charge in [0.25, 0.3) is 0 Å². The number of hydrogen-bond acceptors (Lipinski definition) is 1. The summed E-state index contributed by atoms with van der Waals surface area (Å²) in [6.45, 7) is 7.45. The molecule has 0 saturated heterocycles. The molecule has 0 amide bonds. The van der Waals surface area contributed by atoms with Crippen LogP contribution in [0, 0.1) is 11.7 Å². The van der Waals surface area contributed by atoms with Gasteiger partial charge in [-0.1, -0.05) is 49.5 Å². The molecule has 0 radical (unpaired) electrons. The van der Waals surface area contributed by atoms with E-state index in [2.05, 4.69) is 42.0 Å². The van der Waals surface area contributed by atoms with E-state index < -0.39 is 0 Å². The van der Waals surface area contributed by atoms with E-state index in [1.54, 1.807) is 12.1 Å². The van der Waals surface area contributed by atoms with Crippen LogP contribution in [-0.4, -0.2) is 6.54 Å². The van der Waals surface area contributed by atoms with Crippen molar-refractivity contribution >= 4 is 15.9 Å². The maximum atomic E-state index is 13.4. The maximum Gasteiger partial charge on any atom is 0.123 e. The second-order valence-corrected chi connectivity index (χ2v) is 5.76. The van der Waals surface area contributed by atoms with Gasteiger partial charge in [-0.3, -0.25) is 0 Å². The summed E-state index contributed by atoms with van der Waals surface area (Å²) in [5, 5.41) is 3.46. The zero-order valence-electron chi connectivity index (χ0n) is 11.5. The van der Waals surface area contributed by atoms with E-state index in [0.717, 1.165) is 23.0 Å². The highest BCUT2D eigenvalue weighted by molar-refractivity contribution is 9.10. The Hall–Kier alpha value is -0.410. The van der Waals surface area contributed by atoms with Gasteiger partial charge in [-0.15, -0.1) is 0 Å². The molecule has 3 heteroatoms. The minimum absolute atomic E-state index is 0.167. The number of hydrogen-bond donors (Lipinski definition) is 1. The molecule has 0 heterocycles. The predicted octanol–water partition coefficient (Wildman–Crippen LogP) is 5.07. The first kappa shape index (κ1) is 15.6. The number of halogens is 2. The van der Waals surface area contributed by atoms with E-state index in [1.165, 1.54) is 18.9 Å². The van der Waals surface area contributed by atoms with Crippen molar-refractivity contribution in [2.45, 2.75) is 46.1 Å². The molecule has 0 bridgehead atoms. The van der Waals surface area contributed by atoms with Crippen molar-refractivity contribution < 1.29 is 4.39 Å². The highest BCUT2D eigenvalue weighted by Gasteiger charge is 2.17. The Bertz CT molecular complexity index is 368. The third kappa shape index (κ3) is 4.69. The van der Waals surface area contributed by atoms with Crippen molar-refractivity contribution in [1.82, 2.24) is 5.32 Å². The second-order valence-electron chi connectivity index (χ2n) is 4.91. The molecule has 0 fully saturated rings. The molecule has 0 aromatic heterocycles. The van der Waals surface area contributed by atoms with Crippen LogP contribution in [0.4, 0.5) is 4.39 Å². The number of rotatable bonds is 7. The fourth-order valence-corrected chi connectivity index (χ4v) is 2.88. The Morgan fingerprint density at radius 1 is 1.33 bits per heavy atom. The highest BCUT2D eigenvalue weighted by atomic mass is 79.9. The molecule has 0 spiro atoms. The van der Waals surface area contributed by atoms with Crippen molar-refractivity contribution in [3.05, 3.63) is 34.1 Å². The van der Waals surface area contributed by atoms with Crippen LogP contribution in [0.25, 0.3) is 0 Å². The van der Waals surface area contributed by atoms with Crippen LogP contribution in [-0.2, 0) is 0 Å². The lowest BCUT2D eigenvalue weighted by Crippen LogP contribution is -2.23. The Morgan fingerprint density at radius 3 is 2.67 bits per heavy atom. The third-order valence-corrected chi connectivity index (χ3v) is 3.93. The fourth-order valence-electron chi connectivity index (χ4n) is 2.36. The van der Waals surface area contributed by atoms with Crippen LogP contribution >= 0.6 is 15.9 Å². The molecular formula is C15H23BrFN. The highest BCUT2D eigenvalue weighted by Crippen LogP contribution is 2.30. The topological polar surface area (TPSA) is 12.0 Å². The normalized spacial score (nSPS) is 14.5. The quantitative estimate of drug-likeness (QED) is 0.741. The molecule has 1 nitrogen and oxygen atoms in total. The standard InChI is InChI=1S/C15H23BrFN/c1-4-6-11(3)9-15(18-5-2)13-10-12(17)7-8-14(13)16/h7-8,10-11,15,18H,4-6,9H2,1-3H3. The third-order valence-electron chi connectivity index (χ3n) is 3.20. The summed E-state index contributed by atoms with van der Waals surface area (Å²) < 4.78 is 14.4. The first-order chi connectivity index (χ1) is 8.58. The number of benzene rings is 1. The van der Waals surface area contributed by atoms with Crippen LogP contribution in [0.15, 0.2) is 22.7 Å². The maximum absolute atomic E-state index is 13.4. The van der Waals surface area contributed by atoms with Gasteiger partial charge < -0.3 is 5.32 Å². The second kappa shape index (κ2) is 7.90. The van der Waals surface area contributed by atoms with Crippen LogP contribution in [0.2, 0.25) is 0 Å². The first-order valence-electron chi connectivity index (χ1n) is 6.76. The van der Waals surface area contributed by atoms with Gasteiger partial charge in [0.1, 0.15) is 5.82 Å². The molecule has 0 aliphatic carbocycles. The van der Waals surface area contributed by atoms with Gasteiger partial charge in [-0.05, 0) is 42.6 Å². The Balaban J connectivity index is 2.85.